The molecule has 3 nitrogen and oxygen atoms in total. The summed E-state index contributed by atoms with van der Waals surface area (Å²) in [5.74, 6) is -0.109. The summed E-state index contributed by atoms with van der Waals surface area (Å²) in [5.41, 5.74) is 3.36. The summed E-state index contributed by atoms with van der Waals surface area (Å²) in [7, 11) is 0. The van der Waals surface area contributed by atoms with E-state index < -0.39 is 0 Å². The second-order valence-corrected chi connectivity index (χ2v) is 6.43. The number of halogens is 1. The minimum Gasteiger partial charge on any atom is -0.426 e. The van der Waals surface area contributed by atoms with Gasteiger partial charge in [0.05, 0.1) is 12.1 Å². The number of nitrogens with zero attached hydrogens (tertiary/aromatic N) is 1. The van der Waals surface area contributed by atoms with Crippen LogP contribution in [-0.4, -0.2) is 11.0 Å². The van der Waals surface area contributed by atoms with E-state index in [9.17, 15) is 9.18 Å². The maximum atomic E-state index is 13.3. The standard InChI is InChI=1S/C19H16FNO2S/c1-12-6-7-17(13(2)8-12)23-18(22)10-16-11-24-19(21-16)14-4-3-5-15(20)9-14/h3-9,11H,10H2,1-2H3. The molecule has 0 aliphatic rings. The maximum absolute atomic E-state index is 13.3. The van der Waals surface area contributed by atoms with Crippen LogP contribution in [0.2, 0.25) is 0 Å². The molecule has 0 saturated heterocycles. The van der Waals surface area contributed by atoms with E-state index in [4.69, 9.17) is 4.74 Å². The number of aromatic nitrogens is 1. The average molecular weight is 341 g/mol. The fraction of sp³-hybridized carbons (Fsp3) is 0.158. The molecule has 0 bridgehead atoms. The van der Waals surface area contributed by atoms with Crippen LogP contribution in [0.4, 0.5) is 4.39 Å². The lowest BCUT2D eigenvalue weighted by Gasteiger charge is -2.07. The van der Waals surface area contributed by atoms with E-state index in [0.29, 0.717) is 22.0 Å². The SMILES string of the molecule is Cc1ccc(OC(=O)Cc2csc(-c3cccc(F)c3)n2)c(C)c1. The highest BCUT2D eigenvalue weighted by Gasteiger charge is 2.12. The lowest BCUT2D eigenvalue weighted by molar-refractivity contribution is -0.133. The van der Waals surface area contributed by atoms with Gasteiger partial charge in [-0.05, 0) is 37.6 Å². The van der Waals surface area contributed by atoms with Gasteiger partial charge in [0.1, 0.15) is 16.6 Å². The zero-order chi connectivity index (χ0) is 17.1. The number of hydrogen-bond donors (Lipinski definition) is 0. The van der Waals surface area contributed by atoms with Gasteiger partial charge in [-0.1, -0.05) is 29.8 Å². The highest BCUT2D eigenvalue weighted by molar-refractivity contribution is 7.13. The van der Waals surface area contributed by atoms with Crippen molar-refractivity contribution in [2.24, 2.45) is 0 Å². The van der Waals surface area contributed by atoms with E-state index in [1.54, 1.807) is 23.6 Å². The Balaban J connectivity index is 1.69. The van der Waals surface area contributed by atoms with E-state index in [1.807, 2.05) is 26.0 Å². The van der Waals surface area contributed by atoms with Crippen LogP contribution < -0.4 is 4.74 Å². The summed E-state index contributed by atoms with van der Waals surface area (Å²) in [6.45, 7) is 3.89. The first-order valence-electron chi connectivity index (χ1n) is 7.49. The smallest absolute Gasteiger partial charge is 0.317 e. The predicted octanol–water partition coefficient (Wildman–Crippen LogP) is 4.71. The Morgan fingerprint density at radius 2 is 2.04 bits per heavy atom. The normalized spacial score (nSPS) is 10.6. The molecule has 0 aliphatic carbocycles. The topological polar surface area (TPSA) is 39.2 Å². The van der Waals surface area contributed by atoms with Crippen molar-refractivity contribution in [1.29, 1.82) is 0 Å². The Morgan fingerprint density at radius 1 is 1.21 bits per heavy atom. The Labute approximate surface area is 143 Å². The van der Waals surface area contributed by atoms with Gasteiger partial charge in [-0.3, -0.25) is 4.79 Å². The predicted molar refractivity (Wildman–Crippen MR) is 92.8 cm³/mol. The molecule has 3 rings (SSSR count). The molecule has 0 fully saturated rings. The van der Waals surface area contributed by atoms with Crippen LogP contribution in [0.25, 0.3) is 10.6 Å². The quantitative estimate of drug-likeness (QED) is 0.509. The minimum atomic E-state index is -0.363. The third kappa shape index (κ3) is 3.86. The van der Waals surface area contributed by atoms with Crippen molar-refractivity contribution in [3.05, 3.63) is 70.5 Å². The Morgan fingerprint density at radius 3 is 2.79 bits per heavy atom. The lowest BCUT2D eigenvalue weighted by atomic mass is 10.1. The van der Waals surface area contributed by atoms with E-state index in [2.05, 4.69) is 4.98 Å². The molecule has 5 heteroatoms. The Kier molecular flexibility index (Phi) is 4.71. The van der Waals surface area contributed by atoms with Crippen molar-refractivity contribution in [2.45, 2.75) is 20.3 Å². The molecule has 1 heterocycles. The Bertz CT molecular complexity index is 889. The van der Waals surface area contributed by atoms with Crippen molar-refractivity contribution >= 4 is 17.3 Å². The van der Waals surface area contributed by atoms with E-state index >= 15 is 0 Å². The zero-order valence-corrected chi connectivity index (χ0v) is 14.2. The van der Waals surface area contributed by atoms with Crippen LogP contribution in [0, 0.1) is 19.7 Å². The first-order chi connectivity index (χ1) is 11.5. The number of carbonyl (C=O) groups excluding carboxylic acids is 1. The number of hydrogen-bond acceptors (Lipinski definition) is 4. The number of ether oxygens (including phenoxy) is 1. The molecule has 3 aromatic rings. The number of thiazole rings is 1. The van der Waals surface area contributed by atoms with Crippen LogP contribution >= 0.6 is 11.3 Å². The first-order valence-corrected chi connectivity index (χ1v) is 8.37. The molecule has 2 aromatic carbocycles. The van der Waals surface area contributed by atoms with Crippen LogP contribution in [0.1, 0.15) is 16.8 Å². The van der Waals surface area contributed by atoms with E-state index in [1.165, 1.54) is 23.5 Å². The highest BCUT2D eigenvalue weighted by Crippen LogP contribution is 2.25. The van der Waals surface area contributed by atoms with Crippen molar-refractivity contribution in [2.75, 3.05) is 0 Å². The number of aryl methyl sites for hydroxylation is 2. The van der Waals surface area contributed by atoms with Crippen molar-refractivity contribution in [1.82, 2.24) is 4.98 Å². The number of rotatable bonds is 4. The summed E-state index contributed by atoms with van der Waals surface area (Å²) in [4.78, 5) is 16.5. The van der Waals surface area contributed by atoms with Gasteiger partial charge in [0.2, 0.25) is 0 Å². The summed E-state index contributed by atoms with van der Waals surface area (Å²) in [6.07, 6.45) is 0.0825. The first kappa shape index (κ1) is 16.3. The summed E-state index contributed by atoms with van der Waals surface area (Å²) in [6, 6.07) is 11.9. The molecule has 0 amide bonds. The van der Waals surface area contributed by atoms with Crippen molar-refractivity contribution in [3.8, 4) is 16.3 Å². The molecule has 122 valence electrons. The summed E-state index contributed by atoms with van der Waals surface area (Å²) in [5, 5.41) is 2.48. The third-order valence-corrected chi connectivity index (χ3v) is 4.44. The largest absolute Gasteiger partial charge is 0.426 e. The monoisotopic (exact) mass is 341 g/mol. The zero-order valence-electron chi connectivity index (χ0n) is 13.4. The van der Waals surface area contributed by atoms with E-state index in [-0.39, 0.29) is 18.2 Å². The number of benzene rings is 2. The average Bonchev–Trinajstić information content (AvgIpc) is 2.98. The molecule has 0 spiro atoms. The van der Waals surface area contributed by atoms with Crippen LogP contribution in [0.3, 0.4) is 0 Å². The molecule has 0 N–H and O–H groups in total. The minimum absolute atomic E-state index is 0.0825. The molecule has 24 heavy (non-hydrogen) atoms. The van der Waals surface area contributed by atoms with E-state index in [0.717, 1.165) is 11.1 Å². The van der Waals surface area contributed by atoms with Gasteiger partial charge < -0.3 is 4.74 Å². The number of carbonyl (C=O) groups is 1. The molecule has 0 aliphatic heterocycles. The van der Waals surface area contributed by atoms with Gasteiger partial charge in [0, 0.05) is 10.9 Å². The third-order valence-electron chi connectivity index (χ3n) is 3.50. The highest BCUT2D eigenvalue weighted by atomic mass is 32.1. The maximum Gasteiger partial charge on any atom is 0.317 e. The van der Waals surface area contributed by atoms with Crippen molar-refractivity contribution < 1.29 is 13.9 Å². The molecular weight excluding hydrogens is 325 g/mol. The molecule has 0 atom stereocenters. The van der Waals surface area contributed by atoms with Crippen LogP contribution in [-0.2, 0) is 11.2 Å². The molecule has 0 saturated carbocycles. The Hall–Kier alpha value is -2.53. The molecule has 1 aromatic heterocycles. The van der Waals surface area contributed by atoms with Gasteiger partial charge in [-0.25, -0.2) is 9.37 Å². The van der Waals surface area contributed by atoms with Gasteiger partial charge in [-0.2, -0.15) is 0 Å². The molecular formula is C19H16FNO2S. The fourth-order valence-corrected chi connectivity index (χ4v) is 3.18. The second kappa shape index (κ2) is 6.93. The fourth-order valence-electron chi connectivity index (χ4n) is 2.36. The van der Waals surface area contributed by atoms with Crippen molar-refractivity contribution in [3.63, 3.8) is 0 Å². The molecule has 0 unspecified atom stereocenters. The summed E-state index contributed by atoms with van der Waals surface area (Å²) < 4.78 is 18.7. The summed E-state index contributed by atoms with van der Waals surface area (Å²) >= 11 is 1.38. The second-order valence-electron chi connectivity index (χ2n) is 5.57. The number of esters is 1. The molecule has 0 radical (unpaired) electrons. The van der Waals surface area contributed by atoms with Gasteiger partial charge in [0.25, 0.3) is 0 Å². The van der Waals surface area contributed by atoms with Crippen LogP contribution in [0.15, 0.2) is 47.8 Å². The van der Waals surface area contributed by atoms with Crippen LogP contribution in [0.5, 0.6) is 5.75 Å². The van der Waals surface area contributed by atoms with Gasteiger partial charge in [0.15, 0.2) is 0 Å². The van der Waals surface area contributed by atoms with Gasteiger partial charge in [-0.15, -0.1) is 11.3 Å². The lowest BCUT2D eigenvalue weighted by Crippen LogP contribution is -2.12. The van der Waals surface area contributed by atoms with Gasteiger partial charge >= 0.3 is 5.97 Å².